The first-order valence-corrected chi connectivity index (χ1v) is 8.77. The number of piperazine rings is 1. The van der Waals surface area contributed by atoms with E-state index < -0.39 is 0 Å². The van der Waals surface area contributed by atoms with Crippen molar-refractivity contribution in [2.75, 3.05) is 26.2 Å². The third-order valence-electron chi connectivity index (χ3n) is 3.86. The van der Waals surface area contributed by atoms with Gasteiger partial charge in [-0.3, -0.25) is 14.7 Å². The maximum Gasteiger partial charge on any atom is 0.234 e. The summed E-state index contributed by atoms with van der Waals surface area (Å²) in [5.41, 5.74) is 1.14. The summed E-state index contributed by atoms with van der Waals surface area (Å²) in [6, 6.07) is 7.96. The molecule has 0 bridgehead atoms. The highest BCUT2D eigenvalue weighted by molar-refractivity contribution is 7.16. The summed E-state index contributed by atoms with van der Waals surface area (Å²) in [7, 11) is 0. The molecule has 2 N–H and O–H groups in total. The number of carbonyl (C=O) groups excluding carboxylic acids is 1. The number of hydrogen-bond acceptors (Lipinski definition) is 5. The predicted octanol–water partition coefficient (Wildman–Crippen LogP) is 2.48. The highest BCUT2D eigenvalue weighted by atomic mass is 35.5. The predicted molar refractivity (Wildman–Crippen MR) is 99.8 cm³/mol. The van der Waals surface area contributed by atoms with Crippen LogP contribution in [0.3, 0.4) is 0 Å². The molecule has 1 aliphatic heterocycles. The summed E-state index contributed by atoms with van der Waals surface area (Å²) >= 11 is 7.40. The van der Waals surface area contributed by atoms with Crippen molar-refractivity contribution >= 4 is 41.3 Å². The van der Waals surface area contributed by atoms with E-state index in [1.165, 1.54) is 11.3 Å². The molecule has 130 valence electrons. The van der Waals surface area contributed by atoms with Crippen LogP contribution < -0.4 is 10.6 Å². The zero-order valence-corrected chi connectivity index (χ0v) is 15.5. The Hall–Kier alpha value is -1.18. The molecule has 1 saturated heterocycles. The van der Waals surface area contributed by atoms with Gasteiger partial charge in [-0.1, -0.05) is 17.7 Å². The van der Waals surface area contributed by atoms with Gasteiger partial charge in [-0.25, -0.2) is 0 Å². The van der Waals surface area contributed by atoms with E-state index in [1.807, 2.05) is 24.4 Å². The number of hydrogen-bond donors (Lipinski definition) is 2. The van der Waals surface area contributed by atoms with Crippen LogP contribution >= 0.6 is 35.3 Å². The first kappa shape index (κ1) is 19.1. The lowest BCUT2D eigenvalue weighted by Crippen LogP contribution is -2.49. The van der Waals surface area contributed by atoms with E-state index in [1.54, 1.807) is 6.20 Å². The molecule has 1 atom stereocenters. The fraction of sp³-hybridized carbons (Fsp3) is 0.375. The number of nitrogens with one attached hydrogen (secondary N) is 2. The van der Waals surface area contributed by atoms with Gasteiger partial charge in [-0.05, 0) is 23.8 Å². The van der Waals surface area contributed by atoms with Crippen LogP contribution in [0.15, 0.2) is 36.7 Å². The molecule has 1 aliphatic rings. The van der Waals surface area contributed by atoms with Gasteiger partial charge in [0.1, 0.15) is 0 Å². The molecule has 1 amide bonds. The van der Waals surface area contributed by atoms with E-state index in [0.717, 1.165) is 34.4 Å². The van der Waals surface area contributed by atoms with Crippen LogP contribution in [0.4, 0.5) is 0 Å². The minimum absolute atomic E-state index is 0. The molecular formula is C16H20Cl2N4OS. The maximum atomic E-state index is 12.3. The highest BCUT2D eigenvalue weighted by Gasteiger charge is 2.25. The van der Waals surface area contributed by atoms with Crippen LogP contribution in [-0.4, -0.2) is 42.0 Å². The topological polar surface area (TPSA) is 57.3 Å². The molecule has 1 unspecified atom stereocenters. The molecule has 0 saturated carbocycles. The van der Waals surface area contributed by atoms with E-state index in [9.17, 15) is 4.79 Å². The Labute approximate surface area is 156 Å². The summed E-state index contributed by atoms with van der Waals surface area (Å²) in [6.07, 6.45) is 3.64. The van der Waals surface area contributed by atoms with Crippen molar-refractivity contribution in [1.82, 2.24) is 20.5 Å². The van der Waals surface area contributed by atoms with Crippen LogP contribution in [0.25, 0.3) is 0 Å². The summed E-state index contributed by atoms with van der Waals surface area (Å²) in [4.78, 5) is 19.7. The third kappa shape index (κ3) is 5.16. The Morgan fingerprint density at radius 2 is 2.33 bits per heavy atom. The number of halogens is 2. The molecule has 2 aromatic heterocycles. The van der Waals surface area contributed by atoms with Gasteiger partial charge in [0.2, 0.25) is 5.91 Å². The Morgan fingerprint density at radius 3 is 3.04 bits per heavy atom. The second-order valence-electron chi connectivity index (χ2n) is 5.46. The number of amides is 1. The molecule has 1 fully saturated rings. The van der Waals surface area contributed by atoms with E-state index in [-0.39, 0.29) is 24.4 Å². The standard InChI is InChI=1S/C16H19ClN4OS.ClH/c17-15-4-3-13(23-15)9-20-16(22)11-21-7-6-19-10-14(21)12-2-1-5-18-8-12;/h1-5,8,14,19H,6-7,9-11H2,(H,20,22);1H. The number of pyridine rings is 1. The van der Waals surface area contributed by atoms with Crippen LogP contribution in [0.5, 0.6) is 0 Å². The van der Waals surface area contributed by atoms with E-state index >= 15 is 0 Å². The lowest BCUT2D eigenvalue weighted by atomic mass is 10.1. The fourth-order valence-corrected chi connectivity index (χ4v) is 3.74. The second-order valence-corrected chi connectivity index (χ2v) is 7.26. The van der Waals surface area contributed by atoms with Gasteiger partial charge in [0.05, 0.1) is 17.4 Å². The van der Waals surface area contributed by atoms with E-state index in [4.69, 9.17) is 11.6 Å². The van der Waals surface area contributed by atoms with Crippen molar-refractivity contribution in [3.8, 4) is 0 Å². The second kappa shape index (κ2) is 9.34. The molecule has 3 rings (SSSR count). The Bertz CT molecular complexity index is 653. The number of carbonyl (C=O) groups is 1. The van der Waals surface area contributed by atoms with Gasteiger partial charge < -0.3 is 10.6 Å². The normalized spacial score (nSPS) is 18.0. The van der Waals surface area contributed by atoms with Gasteiger partial charge in [0.25, 0.3) is 0 Å². The number of nitrogens with zero attached hydrogens (tertiary/aromatic N) is 2. The molecule has 2 aromatic rings. The number of thiophene rings is 1. The summed E-state index contributed by atoms with van der Waals surface area (Å²) in [5.74, 6) is 0.0327. The number of rotatable bonds is 5. The van der Waals surface area contributed by atoms with Crippen LogP contribution in [0.2, 0.25) is 4.34 Å². The summed E-state index contributed by atoms with van der Waals surface area (Å²) in [5, 5.41) is 6.35. The lowest BCUT2D eigenvalue weighted by molar-refractivity contribution is -0.123. The van der Waals surface area contributed by atoms with Gasteiger partial charge in [-0.2, -0.15) is 0 Å². The summed E-state index contributed by atoms with van der Waals surface area (Å²) in [6.45, 7) is 3.49. The molecule has 0 aliphatic carbocycles. The molecular weight excluding hydrogens is 367 g/mol. The van der Waals surface area contributed by atoms with E-state index in [2.05, 4.69) is 26.6 Å². The first-order chi connectivity index (χ1) is 11.2. The van der Waals surface area contributed by atoms with Crippen molar-refractivity contribution in [2.24, 2.45) is 0 Å². The van der Waals surface area contributed by atoms with Gasteiger partial charge in [-0.15, -0.1) is 23.7 Å². The molecule has 5 nitrogen and oxygen atoms in total. The number of aromatic nitrogens is 1. The Morgan fingerprint density at radius 1 is 1.46 bits per heavy atom. The van der Waals surface area contributed by atoms with Gasteiger partial charge in [0.15, 0.2) is 0 Å². The zero-order valence-electron chi connectivity index (χ0n) is 13.1. The van der Waals surface area contributed by atoms with Crippen LogP contribution in [-0.2, 0) is 11.3 Å². The van der Waals surface area contributed by atoms with Crippen molar-refractivity contribution < 1.29 is 4.79 Å². The maximum absolute atomic E-state index is 12.3. The molecule has 3 heterocycles. The third-order valence-corrected chi connectivity index (χ3v) is 5.09. The molecule has 0 aromatic carbocycles. The fourth-order valence-electron chi connectivity index (χ4n) is 2.71. The van der Waals surface area contributed by atoms with Gasteiger partial charge in [0, 0.05) is 42.9 Å². The van der Waals surface area contributed by atoms with Crippen molar-refractivity contribution in [2.45, 2.75) is 12.6 Å². The first-order valence-electron chi connectivity index (χ1n) is 7.58. The average molecular weight is 387 g/mol. The molecule has 0 radical (unpaired) electrons. The Kier molecular flexibility index (Phi) is 7.45. The minimum Gasteiger partial charge on any atom is -0.350 e. The summed E-state index contributed by atoms with van der Waals surface area (Å²) < 4.78 is 0.744. The molecule has 8 heteroatoms. The molecule has 24 heavy (non-hydrogen) atoms. The highest BCUT2D eigenvalue weighted by Crippen LogP contribution is 2.22. The smallest absolute Gasteiger partial charge is 0.234 e. The van der Waals surface area contributed by atoms with Crippen LogP contribution in [0, 0.1) is 0 Å². The largest absolute Gasteiger partial charge is 0.350 e. The van der Waals surface area contributed by atoms with Crippen molar-refractivity contribution in [3.05, 3.63) is 51.4 Å². The quantitative estimate of drug-likeness (QED) is 0.828. The van der Waals surface area contributed by atoms with Gasteiger partial charge >= 0.3 is 0 Å². The van der Waals surface area contributed by atoms with E-state index in [0.29, 0.717) is 13.1 Å². The molecule has 0 spiro atoms. The Balaban J connectivity index is 0.00000208. The average Bonchev–Trinajstić information content (AvgIpc) is 3.00. The SMILES string of the molecule is Cl.O=C(CN1CCNCC1c1cccnc1)NCc1ccc(Cl)s1. The van der Waals surface area contributed by atoms with Crippen LogP contribution in [0.1, 0.15) is 16.5 Å². The van der Waals surface area contributed by atoms with Crippen molar-refractivity contribution in [1.29, 1.82) is 0 Å². The lowest BCUT2D eigenvalue weighted by Gasteiger charge is -2.35. The zero-order chi connectivity index (χ0) is 16.1. The minimum atomic E-state index is 0. The van der Waals surface area contributed by atoms with Crippen molar-refractivity contribution in [3.63, 3.8) is 0 Å². The monoisotopic (exact) mass is 386 g/mol.